The molecule has 1 N–H and O–H groups in total. The Balaban J connectivity index is 1.51. The fourth-order valence-corrected chi connectivity index (χ4v) is 3.51. The van der Waals surface area contributed by atoms with E-state index in [4.69, 9.17) is 0 Å². The molecule has 0 aromatic carbocycles. The largest absolute Gasteiger partial charge is 0.316 e. The first-order valence-electron chi connectivity index (χ1n) is 7.36. The molecule has 2 heterocycles. The van der Waals surface area contributed by atoms with Gasteiger partial charge in [-0.1, -0.05) is 19.3 Å². The third kappa shape index (κ3) is 2.78. The molecule has 2 heteroatoms. The van der Waals surface area contributed by atoms with Crippen LogP contribution in [0.5, 0.6) is 0 Å². The Morgan fingerprint density at radius 2 is 1.94 bits per heavy atom. The van der Waals surface area contributed by atoms with Crippen LogP contribution in [0.1, 0.15) is 44.9 Å². The van der Waals surface area contributed by atoms with Crippen LogP contribution in [-0.2, 0) is 0 Å². The number of likely N-dealkylation sites (tertiary alicyclic amines) is 1. The van der Waals surface area contributed by atoms with Crippen LogP contribution in [0.3, 0.4) is 0 Å². The van der Waals surface area contributed by atoms with Crippen LogP contribution >= 0.6 is 0 Å². The first-order valence-corrected chi connectivity index (χ1v) is 7.36. The van der Waals surface area contributed by atoms with E-state index in [9.17, 15) is 0 Å². The summed E-state index contributed by atoms with van der Waals surface area (Å²) in [6, 6.07) is 0.946. The highest BCUT2D eigenvalue weighted by Gasteiger charge is 2.31. The summed E-state index contributed by atoms with van der Waals surface area (Å²) < 4.78 is 0. The van der Waals surface area contributed by atoms with Crippen LogP contribution in [-0.4, -0.2) is 37.1 Å². The van der Waals surface area contributed by atoms with Crippen molar-refractivity contribution in [2.45, 2.75) is 51.0 Å². The molecule has 92 valence electrons. The molecule has 3 rings (SSSR count). The van der Waals surface area contributed by atoms with Crippen LogP contribution in [0, 0.1) is 11.8 Å². The zero-order valence-corrected chi connectivity index (χ0v) is 10.5. The maximum atomic E-state index is 3.50. The summed E-state index contributed by atoms with van der Waals surface area (Å²) in [5, 5.41) is 3.50. The molecule has 3 aliphatic rings. The summed E-state index contributed by atoms with van der Waals surface area (Å²) in [5.41, 5.74) is 0. The van der Waals surface area contributed by atoms with Crippen LogP contribution in [0.2, 0.25) is 0 Å². The van der Waals surface area contributed by atoms with Crippen molar-refractivity contribution in [1.29, 1.82) is 0 Å². The van der Waals surface area contributed by atoms with Gasteiger partial charge in [-0.3, -0.25) is 0 Å². The van der Waals surface area contributed by atoms with Gasteiger partial charge in [-0.25, -0.2) is 0 Å². The van der Waals surface area contributed by atoms with Gasteiger partial charge in [0, 0.05) is 12.6 Å². The zero-order chi connectivity index (χ0) is 10.8. The van der Waals surface area contributed by atoms with Crippen LogP contribution in [0.4, 0.5) is 0 Å². The van der Waals surface area contributed by atoms with Crippen molar-refractivity contribution in [2.75, 3.05) is 26.2 Å². The molecule has 0 spiro atoms. The highest BCUT2D eigenvalue weighted by Crippen LogP contribution is 2.37. The summed E-state index contributed by atoms with van der Waals surface area (Å²) >= 11 is 0. The Hall–Kier alpha value is -0.0800. The maximum absolute atomic E-state index is 3.50. The number of nitrogens with zero attached hydrogens (tertiary/aromatic N) is 1. The van der Waals surface area contributed by atoms with E-state index in [1.165, 1.54) is 71.1 Å². The van der Waals surface area contributed by atoms with Gasteiger partial charge >= 0.3 is 0 Å². The molecule has 2 nitrogen and oxygen atoms in total. The van der Waals surface area contributed by atoms with E-state index in [1.807, 2.05) is 0 Å². The summed E-state index contributed by atoms with van der Waals surface area (Å²) in [6.07, 6.45) is 10.4. The Morgan fingerprint density at radius 1 is 1.00 bits per heavy atom. The minimum atomic E-state index is 0.944. The second-order valence-electron chi connectivity index (χ2n) is 6.18. The Labute approximate surface area is 99.8 Å². The molecular weight excluding hydrogens is 196 g/mol. The molecule has 16 heavy (non-hydrogen) atoms. The molecule has 2 atom stereocenters. The van der Waals surface area contributed by atoms with Gasteiger partial charge in [-0.05, 0) is 57.2 Å². The van der Waals surface area contributed by atoms with E-state index >= 15 is 0 Å². The van der Waals surface area contributed by atoms with Crippen molar-refractivity contribution >= 4 is 0 Å². The zero-order valence-electron chi connectivity index (χ0n) is 10.5. The van der Waals surface area contributed by atoms with Gasteiger partial charge in [-0.15, -0.1) is 0 Å². The SMILES string of the molecule is C1CCN(C[C@@H]2CCNC2)C(CC2CC2)C1. The van der Waals surface area contributed by atoms with E-state index in [1.54, 1.807) is 0 Å². The van der Waals surface area contributed by atoms with Crippen molar-refractivity contribution in [3.05, 3.63) is 0 Å². The molecule has 0 amide bonds. The summed E-state index contributed by atoms with van der Waals surface area (Å²) in [7, 11) is 0. The van der Waals surface area contributed by atoms with E-state index < -0.39 is 0 Å². The summed E-state index contributed by atoms with van der Waals surface area (Å²) in [6.45, 7) is 5.29. The lowest BCUT2D eigenvalue weighted by atomic mass is 9.95. The highest BCUT2D eigenvalue weighted by molar-refractivity contribution is 4.86. The average molecular weight is 222 g/mol. The number of hydrogen-bond acceptors (Lipinski definition) is 2. The first kappa shape index (κ1) is 11.0. The second kappa shape index (κ2) is 5.05. The van der Waals surface area contributed by atoms with Crippen molar-refractivity contribution in [3.63, 3.8) is 0 Å². The molecule has 0 aromatic heterocycles. The van der Waals surface area contributed by atoms with Gasteiger partial charge in [0.05, 0.1) is 0 Å². The Bertz CT molecular complexity index is 219. The number of piperidine rings is 1. The molecule has 1 aliphatic carbocycles. The van der Waals surface area contributed by atoms with Gasteiger partial charge in [-0.2, -0.15) is 0 Å². The maximum Gasteiger partial charge on any atom is 0.00980 e. The monoisotopic (exact) mass is 222 g/mol. The normalized spacial score (nSPS) is 36.8. The quantitative estimate of drug-likeness (QED) is 0.785. The Morgan fingerprint density at radius 3 is 2.69 bits per heavy atom. The van der Waals surface area contributed by atoms with Gasteiger partial charge in [0.15, 0.2) is 0 Å². The first-order chi connectivity index (χ1) is 7.92. The van der Waals surface area contributed by atoms with Gasteiger partial charge in [0.25, 0.3) is 0 Å². The van der Waals surface area contributed by atoms with Crippen molar-refractivity contribution in [3.8, 4) is 0 Å². The fourth-order valence-electron chi connectivity index (χ4n) is 3.51. The number of nitrogens with one attached hydrogen (secondary N) is 1. The molecule has 2 aliphatic heterocycles. The van der Waals surface area contributed by atoms with Crippen LogP contribution in [0.15, 0.2) is 0 Å². The minimum Gasteiger partial charge on any atom is -0.316 e. The molecule has 1 unspecified atom stereocenters. The van der Waals surface area contributed by atoms with E-state index in [0.717, 1.165) is 17.9 Å². The van der Waals surface area contributed by atoms with Crippen molar-refractivity contribution in [2.24, 2.45) is 11.8 Å². The average Bonchev–Trinajstić information content (AvgIpc) is 2.96. The third-order valence-electron chi connectivity index (χ3n) is 4.71. The topological polar surface area (TPSA) is 15.3 Å². The number of hydrogen-bond donors (Lipinski definition) is 1. The van der Waals surface area contributed by atoms with Gasteiger partial charge in [0.2, 0.25) is 0 Å². The minimum absolute atomic E-state index is 0.944. The standard InChI is InChI=1S/C14H26N2/c1-2-8-16(11-13-6-7-15-10-13)14(3-1)9-12-4-5-12/h12-15H,1-11H2/t13-,14?/m1/s1. The smallest absolute Gasteiger partial charge is 0.00980 e. The predicted molar refractivity (Wildman–Crippen MR) is 67.5 cm³/mol. The molecular formula is C14H26N2. The number of rotatable bonds is 4. The van der Waals surface area contributed by atoms with E-state index in [2.05, 4.69) is 10.2 Å². The molecule has 0 radical (unpaired) electrons. The molecule has 0 aromatic rings. The van der Waals surface area contributed by atoms with Crippen molar-refractivity contribution in [1.82, 2.24) is 10.2 Å². The highest BCUT2D eigenvalue weighted by atomic mass is 15.2. The molecule has 2 saturated heterocycles. The molecule has 1 saturated carbocycles. The lowest BCUT2D eigenvalue weighted by Gasteiger charge is -2.37. The second-order valence-corrected chi connectivity index (χ2v) is 6.18. The van der Waals surface area contributed by atoms with E-state index in [0.29, 0.717) is 0 Å². The lowest BCUT2D eigenvalue weighted by Crippen LogP contribution is -2.42. The Kier molecular flexibility index (Phi) is 3.49. The van der Waals surface area contributed by atoms with Crippen LogP contribution in [0.25, 0.3) is 0 Å². The summed E-state index contributed by atoms with van der Waals surface area (Å²) in [5.74, 6) is 2.05. The molecule has 0 bridgehead atoms. The van der Waals surface area contributed by atoms with Gasteiger partial charge < -0.3 is 10.2 Å². The van der Waals surface area contributed by atoms with Crippen LogP contribution < -0.4 is 5.32 Å². The predicted octanol–water partition coefficient (Wildman–Crippen LogP) is 2.25. The fraction of sp³-hybridized carbons (Fsp3) is 1.00. The third-order valence-corrected chi connectivity index (χ3v) is 4.71. The van der Waals surface area contributed by atoms with Gasteiger partial charge in [0.1, 0.15) is 0 Å². The molecule has 3 fully saturated rings. The summed E-state index contributed by atoms with van der Waals surface area (Å²) in [4.78, 5) is 2.83. The lowest BCUT2D eigenvalue weighted by molar-refractivity contribution is 0.117. The van der Waals surface area contributed by atoms with E-state index in [-0.39, 0.29) is 0 Å². The van der Waals surface area contributed by atoms with Crippen molar-refractivity contribution < 1.29 is 0 Å².